The molecule has 1 amide bonds. The first-order valence-corrected chi connectivity index (χ1v) is 10.5. The highest BCUT2D eigenvalue weighted by atomic mass is 19.1. The van der Waals surface area contributed by atoms with Crippen LogP contribution in [0.4, 0.5) is 4.39 Å². The van der Waals surface area contributed by atoms with Gasteiger partial charge >= 0.3 is 0 Å². The molecule has 1 fully saturated rings. The van der Waals surface area contributed by atoms with E-state index in [9.17, 15) is 19.1 Å². The van der Waals surface area contributed by atoms with Crippen molar-refractivity contribution in [2.24, 2.45) is 0 Å². The van der Waals surface area contributed by atoms with Crippen LogP contribution in [0, 0.1) is 5.82 Å². The molecule has 172 valence electrons. The number of methoxy groups -OCH3 is 1. The highest BCUT2D eigenvalue weighted by Crippen LogP contribution is 2.41. The molecule has 2 aliphatic rings. The lowest BCUT2D eigenvalue weighted by Crippen LogP contribution is -2.29. The molecule has 0 spiro atoms. The van der Waals surface area contributed by atoms with Crippen molar-refractivity contribution in [1.82, 2.24) is 4.90 Å². The number of ether oxygens (including phenoxy) is 3. The second-order valence-corrected chi connectivity index (χ2v) is 7.89. The molecule has 7 nitrogen and oxygen atoms in total. The standard InChI is InChI=1S/C26H20FNO6/c1-32-19-9-5-16(6-10-19)23-22(24(29)17-3-7-18(27)8-4-17)25(30)26(31)28(23)13-15-2-11-20-21(12-15)34-14-33-20/h2-12,23,29H,13-14H2,1H3/b24-22+. The fourth-order valence-electron chi connectivity index (χ4n) is 4.18. The van der Waals surface area contributed by atoms with E-state index in [1.54, 1.807) is 42.5 Å². The van der Waals surface area contributed by atoms with Crippen molar-refractivity contribution in [3.63, 3.8) is 0 Å². The van der Waals surface area contributed by atoms with Crippen LogP contribution in [0.25, 0.3) is 5.76 Å². The lowest BCUT2D eigenvalue weighted by molar-refractivity contribution is -0.140. The molecule has 2 aliphatic heterocycles. The van der Waals surface area contributed by atoms with E-state index in [0.717, 1.165) is 5.56 Å². The van der Waals surface area contributed by atoms with E-state index in [4.69, 9.17) is 14.2 Å². The van der Waals surface area contributed by atoms with E-state index < -0.39 is 23.5 Å². The minimum absolute atomic E-state index is 0.0671. The normalized spacial score (nSPS) is 18.4. The molecule has 0 radical (unpaired) electrons. The van der Waals surface area contributed by atoms with E-state index in [1.165, 1.54) is 36.3 Å². The van der Waals surface area contributed by atoms with Crippen molar-refractivity contribution in [3.8, 4) is 17.2 Å². The van der Waals surface area contributed by atoms with Crippen LogP contribution in [0.15, 0.2) is 72.3 Å². The molecule has 1 N–H and O–H groups in total. The summed E-state index contributed by atoms with van der Waals surface area (Å²) in [7, 11) is 1.54. The van der Waals surface area contributed by atoms with Crippen LogP contribution in [-0.2, 0) is 16.1 Å². The van der Waals surface area contributed by atoms with Gasteiger partial charge in [0.1, 0.15) is 17.3 Å². The zero-order chi connectivity index (χ0) is 23.8. The summed E-state index contributed by atoms with van der Waals surface area (Å²) in [6.45, 7) is 0.213. The minimum atomic E-state index is -0.860. The van der Waals surface area contributed by atoms with Crippen LogP contribution in [-0.4, -0.2) is 35.6 Å². The van der Waals surface area contributed by atoms with Crippen molar-refractivity contribution in [1.29, 1.82) is 0 Å². The van der Waals surface area contributed by atoms with Crippen molar-refractivity contribution in [2.45, 2.75) is 12.6 Å². The quantitative estimate of drug-likeness (QED) is 0.349. The second-order valence-electron chi connectivity index (χ2n) is 7.89. The van der Waals surface area contributed by atoms with Crippen LogP contribution in [0.3, 0.4) is 0 Å². The molecule has 34 heavy (non-hydrogen) atoms. The Labute approximate surface area is 194 Å². The lowest BCUT2D eigenvalue weighted by atomic mass is 9.95. The maximum absolute atomic E-state index is 13.4. The lowest BCUT2D eigenvalue weighted by Gasteiger charge is -2.25. The molecule has 1 saturated heterocycles. The third-order valence-electron chi connectivity index (χ3n) is 5.88. The number of hydrogen-bond donors (Lipinski definition) is 1. The van der Waals surface area contributed by atoms with Crippen LogP contribution in [0.1, 0.15) is 22.7 Å². The summed E-state index contributed by atoms with van der Waals surface area (Å²) in [5.74, 6) is -0.644. The summed E-state index contributed by atoms with van der Waals surface area (Å²) in [5, 5.41) is 11.0. The Hall–Kier alpha value is -4.33. The van der Waals surface area contributed by atoms with Crippen molar-refractivity contribution in [3.05, 3.63) is 94.8 Å². The summed E-state index contributed by atoms with van der Waals surface area (Å²) in [5.41, 5.74) is 1.51. The van der Waals surface area contributed by atoms with Gasteiger partial charge in [0.2, 0.25) is 6.79 Å². The smallest absolute Gasteiger partial charge is 0.295 e. The predicted octanol–water partition coefficient (Wildman–Crippen LogP) is 4.18. The fourth-order valence-corrected chi connectivity index (χ4v) is 4.18. The third-order valence-corrected chi connectivity index (χ3v) is 5.88. The monoisotopic (exact) mass is 461 g/mol. The number of likely N-dealkylation sites (tertiary alicyclic amines) is 1. The van der Waals surface area contributed by atoms with Gasteiger partial charge in [-0.15, -0.1) is 0 Å². The van der Waals surface area contributed by atoms with Gasteiger partial charge in [-0.05, 0) is 59.7 Å². The van der Waals surface area contributed by atoms with Gasteiger partial charge < -0.3 is 24.2 Å². The number of nitrogens with zero attached hydrogens (tertiary/aromatic N) is 1. The third kappa shape index (κ3) is 3.73. The van der Waals surface area contributed by atoms with Crippen LogP contribution in [0.2, 0.25) is 0 Å². The van der Waals surface area contributed by atoms with Crippen LogP contribution < -0.4 is 14.2 Å². The zero-order valence-corrected chi connectivity index (χ0v) is 18.2. The maximum Gasteiger partial charge on any atom is 0.295 e. The first-order valence-electron chi connectivity index (χ1n) is 10.5. The SMILES string of the molecule is COc1ccc(C2/C(=C(\O)c3ccc(F)cc3)C(=O)C(=O)N2Cc2ccc3c(c2)OCO3)cc1. The van der Waals surface area contributed by atoms with E-state index in [1.807, 2.05) is 0 Å². The van der Waals surface area contributed by atoms with E-state index in [0.29, 0.717) is 22.8 Å². The molecule has 0 saturated carbocycles. The Kier molecular flexibility index (Phi) is 5.41. The number of aliphatic hydroxyl groups excluding tert-OH is 1. The van der Waals surface area contributed by atoms with Gasteiger partial charge in [-0.1, -0.05) is 18.2 Å². The summed E-state index contributed by atoms with van der Waals surface area (Å²) < 4.78 is 29.4. The number of Topliss-reactive ketones (excluding diaryl/α,β-unsaturated/α-hetero) is 1. The maximum atomic E-state index is 13.4. The summed E-state index contributed by atoms with van der Waals surface area (Å²) in [6, 6.07) is 16.4. The van der Waals surface area contributed by atoms with Crippen molar-refractivity contribution >= 4 is 17.4 Å². The Morgan fingerprint density at radius 1 is 1.03 bits per heavy atom. The van der Waals surface area contributed by atoms with Crippen molar-refractivity contribution in [2.75, 3.05) is 13.9 Å². The number of carbonyl (C=O) groups excluding carboxylic acids is 2. The molecule has 3 aromatic carbocycles. The number of carbonyl (C=O) groups is 2. The average Bonchev–Trinajstić information content (AvgIpc) is 3.42. The molecular formula is C26H20FNO6. The molecule has 8 heteroatoms. The molecule has 1 unspecified atom stereocenters. The Morgan fingerprint density at radius 3 is 2.44 bits per heavy atom. The first kappa shape index (κ1) is 21.5. The Balaban J connectivity index is 1.60. The molecule has 0 aromatic heterocycles. The summed E-state index contributed by atoms with van der Waals surface area (Å²) in [6.07, 6.45) is 0. The van der Waals surface area contributed by atoms with E-state index in [-0.39, 0.29) is 30.2 Å². The second kappa shape index (κ2) is 8.55. The van der Waals surface area contributed by atoms with Gasteiger partial charge in [0.25, 0.3) is 11.7 Å². The van der Waals surface area contributed by atoms with Gasteiger partial charge in [0, 0.05) is 12.1 Å². The number of rotatable bonds is 5. The first-order chi connectivity index (χ1) is 16.5. The highest BCUT2D eigenvalue weighted by molar-refractivity contribution is 6.46. The fraction of sp³-hybridized carbons (Fsp3) is 0.154. The molecular weight excluding hydrogens is 441 g/mol. The number of aliphatic hydroxyl groups is 1. The van der Waals surface area contributed by atoms with Gasteiger partial charge in [0.15, 0.2) is 11.5 Å². The van der Waals surface area contributed by atoms with Gasteiger partial charge in [-0.2, -0.15) is 0 Å². The molecule has 3 aromatic rings. The van der Waals surface area contributed by atoms with E-state index >= 15 is 0 Å². The molecule has 1 atom stereocenters. The van der Waals surface area contributed by atoms with Gasteiger partial charge in [-0.25, -0.2) is 4.39 Å². The topological polar surface area (TPSA) is 85.3 Å². The van der Waals surface area contributed by atoms with Gasteiger partial charge in [-0.3, -0.25) is 9.59 Å². The number of hydrogen-bond acceptors (Lipinski definition) is 6. The number of ketones is 1. The molecule has 0 bridgehead atoms. The minimum Gasteiger partial charge on any atom is -0.507 e. The summed E-state index contributed by atoms with van der Waals surface area (Å²) in [4.78, 5) is 27.7. The molecule has 2 heterocycles. The number of halogens is 1. The highest BCUT2D eigenvalue weighted by Gasteiger charge is 2.46. The van der Waals surface area contributed by atoms with Crippen molar-refractivity contribution < 1.29 is 33.3 Å². The number of fused-ring (bicyclic) bond motifs is 1. The average molecular weight is 461 g/mol. The largest absolute Gasteiger partial charge is 0.507 e. The number of benzene rings is 3. The van der Waals surface area contributed by atoms with Crippen LogP contribution in [0.5, 0.6) is 17.2 Å². The molecule has 5 rings (SSSR count). The van der Waals surface area contributed by atoms with Gasteiger partial charge in [0.05, 0.1) is 18.7 Å². The Morgan fingerprint density at radius 2 is 1.74 bits per heavy atom. The van der Waals surface area contributed by atoms with Crippen LogP contribution >= 0.6 is 0 Å². The number of amides is 1. The Bertz CT molecular complexity index is 1300. The molecule has 0 aliphatic carbocycles. The summed E-state index contributed by atoms with van der Waals surface area (Å²) >= 11 is 0. The van der Waals surface area contributed by atoms with E-state index in [2.05, 4.69) is 0 Å². The predicted molar refractivity (Wildman–Crippen MR) is 120 cm³/mol. The zero-order valence-electron chi connectivity index (χ0n) is 18.2.